The molecule has 4 nitrogen and oxygen atoms in total. The summed E-state index contributed by atoms with van der Waals surface area (Å²) in [5, 5.41) is 8.60. The van der Waals surface area contributed by atoms with Gasteiger partial charge in [-0.05, 0) is 43.4 Å². The van der Waals surface area contributed by atoms with Crippen molar-refractivity contribution in [3.05, 3.63) is 28.8 Å². The second-order valence-corrected chi connectivity index (χ2v) is 4.58. The van der Waals surface area contributed by atoms with Crippen LogP contribution in [-0.2, 0) is 4.79 Å². The summed E-state index contributed by atoms with van der Waals surface area (Å²) in [5.74, 6) is 0.112. The van der Waals surface area contributed by atoms with Crippen molar-refractivity contribution in [3.8, 4) is 5.75 Å². The van der Waals surface area contributed by atoms with Gasteiger partial charge in [0.1, 0.15) is 5.75 Å². The molecule has 0 saturated carbocycles. The fourth-order valence-electron chi connectivity index (χ4n) is 2.16. The smallest absolute Gasteiger partial charge is 0.303 e. The van der Waals surface area contributed by atoms with Crippen LogP contribution in [0.1, 0.15) is 42.0 Å². The molecule has 18 heavy (non-hydrogen) atoms. The lowest BCUT2D eigenvalue weighted by atomic mass is 9.97. The van der Waals surface area contributed by atoms with Gasteiger partial charge in [0.15, 0.2) is 0 Å². The highest BCUT2D eigenvalue weighted by atomic mass is 16.5. The molecule has 4 heteroatoms. The third-order valence-corrected chi connectivity index (χ3v) is 3.02. The number of carboxylic acid groups (broad SMARTS) is 1. The third kappa shape index (κ3) is 3.74. The first-order valence-corrected chi connectivity index (χ1v) is 6.08. The zero-order valence-corrected chi connectivity index (χ0v) is 11.2. The number of benzene rings is 1. The Kier molecular flexibility index (Phi) is 5.16. The maximum Gasteiger partial charge on any atom is 0.303 e. The molecule has 0 fully saturated rings. The number of aryl methyl sites for hydroxylation is 2. The maximum absolute atomic E-state index is 10.5. The van der Waals surface area contributed by atoms with Crippen molar-refractivity contribution >= 4 is 5.97 Å². The quantitative estimate of drug-likeness (QED) is 0.815. The molecule has 0 amide bonds. The average Bonchev–Trinajstić information content (AvgIpc) is 2.27. The molecule has 0 saturated heterocycles. The molecule has 1 aromatic carbocycles. The number of ether oxygens (including phenoxy) is 1. The molecule has 0 aromatic heterocycles. The summed E-state index contributed by atoms with van der Waals surface area (Å²) >= 11 is 0. The van der Waals surface area contributed by atoms with E-state index in [9.17, 15) is 4.79 Å². The Labute approximate surface area is 108 Å². The van der Waals surface area contributed by atoms with Crippen LogP contribution in [0.4, 0.5) is 0 Å². The lowest BCUT2D eigenvalue weighted by Crippen LogP contribution is -2.11. The highest BCUT2D eigenvalue weighted by Crippen LogP contribution is 2.28. The maximum atomic E-state index is 10.5. The predicted octanol–water partition coefficient (Wildman–Crippen LogP) is 2.57. The van der Waals surface area contributed by atoms with E-state index in [1.807, 2.05) is 26.0 Å². The van der Waals surface area contributed by atoms with E-state index in [4.69, 9.17) is 15.6 Å². The Bertz CT molecular complexity index is 406. The molecule has 0 bridgehead atoms. The van der Waals surface area contributed by atoms with Crippen LogP contribution < -0.4 is 10.5 Å². The first-order valence-electron chi connectivity index (χ1n) is 6.08. The molecule has 1 unspecified atom stereocenters. The second-order valence-electron chi connectivity index (χ2n) is 4.58. The highest BCUT2D eigenvalue weighted by Gasteiger charge is 2.11. The van der Waals surface area contributed by atoms with Crippen molar-refractivity contribution < 1.29 is 14.6 Å². The summed E-state index contributed by atoms with van der Waals surface area (Å²) in [5.41, 5.74) is 9.23. The van der Waals surface area contributed by atoms with Gasteiger partial charge in [0.2, 0.25) is 0 Å². The van der Waals surface area contributed by atoms with Gasteiger partial charge >= 0.3 is 5.97 Å². The zero-order chi connectivity index (χ0) is 13.7. The first-order chi connectivity index (χ1) is 8.45. The molecular formula is C14H21NO3. The van der Waals surface area contributed by atoms with Crippen LogP contribution >= 0.6 is 0 Å². The van der Waals surface area contributed by atoms with E-state index in [2.05, 4.69) is 0 Å². The van der Waals surface area contributed by atoms with Crippen LogP contribution in [0.25, 0.3) is 0 Å². The number of nitrogens with two attached hydrogens (primary N) is 1. The van der Waals surface area contributed by atoms with Gasteiger partial charge in [-0.2, -0.15) is 0 Å². The fourth-order valence-corrected chi connectivity index (χ4v) is 2.16. The van der Waals surface area contributed by atoms with Crippen LogP contribution in [0.2, 0.25) is 0 Å². The van der Waals surface area contributed by atoms with E-state index in [0.29, 0.717) is 12.8 Å². The summed E-state index contributed by atoms with van der Waals surface area (Å²) in [6.45, 7) is 3.97. The van der Waals surface area contributed by atoms with Crippen LogP contribution in [0, 0.1) is 13.8 Å². The Morgan fingerprint density at radius 1 is 1.39 bits per heavy atom. The predicted molar refractivity (Wildman–Crippen MR) is 70.9 cm³/mol. The number of hydrogen-bond acceptors (Lipinski definition) is 3. The molecule has 0 radical (unpaired) electrons. The molecule has 1 rings (SSSR count). The molecule has 100 valence electrons. The summed E-state index contributed by atoms with van der Waals surface area (Å²) in [4.78, 5) is 10.5. The molecule has 0 heterocycles. The lowest BCUT2D eigenvalue weighted by molar-refractivity contribution is -0.137. The van der Waals surface area contributed by atoms with E-state index in [1.165, 1.54) is 0 Å². The van der Waals surface area contributed by atoms with E-state index in [0.717, 1.165) is 22.4 Å². The van der Waals surface area contributed by atoms with Crippen molar-refractivity contribution in [3.63, 3.8) is 0 Å². The molecule has 1 atom stereocenters. The Morgan fingerprint density at radius 2 is 1.94 bits per heavy atom. The minimum Gasteiger partial charge on any atom is -0.496 e. The Balaban J connectivity index is 2.74. The molecule has 0 aliphatic heterocycles. The molecular weight excluding hydrogens is 230 g/mol. The zero-order valence-electron chi connectivity index (χ0n) is 11.2. The van der Waals surface area contributed by atoms with Gasteiger partial charge in [0.25, 0.3) is 0 Å². The van der Waals surface area contributed by atoms with Crippen molar-refractivity contribution in [2.45, 2.75) is 39.2 Å². The number of rotatable bonds is 6. The SMILES string of the molecule is COc1c(C)cc(C(N)CCCC(=O)O)cc1C. The Morgan fingerprint density at radius 3 is 2.39 bits per heavy atom. The third-order valence-electron chi connectivity index (χ3n) is 3.02. The monoisotopic (exact) mass is 251 g/mol. The minimum absolute atomic E-state index is 0.118. The van der Waals surface area contributed by atoms with Crippen molar-refractivity contribution in [2.75, 3.05) is 7.11 Å². The second kappa shape index (κ2) is 6.40. The molecule has 0 aliphatic carbocycles. The molecule has 0 spiro atoms. The lowest BCUT2D eigenvalue weighted by Gasteiger charge is -2.16. The number of methoxy groups -OCH3 is 1. The van der Waals surface area contributed by atoms with Gasteiger partial charge in [0.05, 0.1) is 7.11 Å². The van der Waals surface area contributed by atoms with Crippen molar-refractivity contribution in [1.82, 2.24) is 0 Å². The largest absolute Gasteiger partial charge is 0.496 e. The summed E-state index contributed by atoms with van der Waals surface area (Å²) < 4.78 is 5.30. The molecule has 3 N–H and O–H groups in total. The van der Waals surface area contributed by atoms with E-state index in [1.54, 1.807) is 7.11 Å². The molecule has 0 aliphatic rings. The number of hydrogen-bond donors (Lipinski definition) is 2. The summed E-state index contributed by atoms with van der Waals surface area (Å²) in [6.07, 6.45) is 1.44. The van der Waals surface area contributed by atoms with Gasteiger partial charge in [0, 0.05) is 12.5 Å². The number of carboxylic acids is 1. The standard InChI is InChI=1S/C14H21NO3/c1-9-7-11(8-10(2)14(9)18-3)12(15)5-4-6-13(16)17/h7-8,12H,4-6,15H2,1-3H3,(H,16,17). The minimum atomic E-state index is -0.774. The van der Waals surface area contributed by atoms with Gasteiger partial charge in [-0.1, -0.05) is 12.1 Å². The van der Waals surface area contributed by atoms with Gasteiger partial charge < -0.3 is 15.6 Å². The van der Waals surface area contributed by atoms with Gasteiger partial charge in [-0.25, -0.2) is 0 Å². The summed E-state index contributed by atoms with van der Waals surface area (Å²) in [6, 6.07) is 3.90. The normalized spacial score (nSPS) is 12.2. The van der Waals surface area contributed by atoms with Gasteiger partial charge in [-0.15, -0.1) is 0 Å². The van der Waals surface area contributed by atoms with Crippen LogP contribution in [0.15, 0.2) is 12.1 Å². The summed E-state index contributed by atoms with van der Waals surface area (Å²) in [7, 11) is 1.65. The van der Waals surface area contributed by atoms with Gasteiger partial charge in [-0.3, -0.25) is 4.79 Å². The van der Waals surface area contributed by atoms with Crippen molar-refractivity contribution in [1.29, 1.82) is 0 Å². The van der Waals surface area contributed by atoms with Crippen LogP contribution in [0.3, 0.4) is 0 Å². The van der Waals surface area contributed by atoms with Crippen LogP contribution in [0.5, 0.6) is 5.75 Å². The highest BCUT2D eigenvalue weighted by molar-refractivity contribution is 5.66. The topological polar surface area (TPSA) is 72.5 Å². The van der Waals surface area contributed by atoms with E-state index < -0.39 is 5.97 Å². The average molecular weight is 251 g/mol. The Hall–Kier alpha value is -1.55. The fraction of sp³-hybridized carbons (Fsp3) is 0.500. The number of aliphatic carboxylic acids is 1. The number of carbonyl (C=O) groups is 1. The van der Waals surface area contributed by atoms with E-state index >= 15 is 0 Å². The van der Waals surface area contributed by atoms with Crippen LogP contribution in [-0.4, -0.2) is 18.2 Å². The molecule has 1 aromatic rings. The van der Waals surface area contributed by atoms with E-state index in [-0.39, 0.29) is 12.5 Å². The van der Waals surface area contributed by atoms with Crippen molar-refractivity contribution in [2.24, 2.45) is 5.73 Å². The first kappa shape index (κ1) is 14.5.